The van der Waals surface area contributed by atoms with Gasteiger partial charge in [-0.05, 0) is 25.1 Å². The summed E-state index contributed by atoms with van der Waals surface area (Å²) in [5.74, 6) is 0.658. The first-order chi connectivity index (χ1) is 7.33. The largest absolute Gasteiger partial charge is 0.283 e. The van der Waals surface area contributed by atoms with Crippen molar-refractivity contribution in [3.63, 3.8) is 0 Å². The molecule has 3 nitrogen and oxygen atoms in total. The number of fused-ring (bicyclic) bond motifs is 1. The first-order valence-electron chi connectivity index (χ1n) is 4.61. The van der Waals surface area contributed by atoms with E-state index < -0.39 is 0 Å². The van der Waals surface area contributed by atoms with Crippen LogP contribution in [-0.4, -0.2) is 15.6 Å². The van der Waals surface area contributed by atoms with E-state index in [1.807, 2.05) is 47.9 Å². The van der Waals surface area contributed by atoms with Gasteiger partial charge in [0.1, 0.15) is 5.65 Å². The van der Waals surface area contributed by atoms with Crippen LogP contribution in [0.15, 0.2) is 41.5 Å². The van der Waals surface area contributed by atoms with Crippen molar-refractivity contribution in [3.8, 4) is 0 Å². The maximum Gasteiger partial charge on any atom is 0.176 e. The Hall–Kier alpha value is -1.61. The molecular formula is C11H10ClN3. The molecule has 0 spiro atoms. The maximum atomic E-state index is 5.98. The summed E-state index contributed by atoms with van der Waals surface area (Å²) in [6.45, 7) is 1.93. The van der Waals surface area contributed by atoms with E-state index in [9.17, 15) is 0 Å². The van der Waals surface area contributed by atoms with Crippen LogP contribution in [0, 0.1) is 0 Å². The number of allylic oxidation sites excluding steroid dienone is 2. The van der Waals surface area contributed by atoms with Crippen molar-refractivity contribution < 1.29 is 0 Å². The zero-order valence-electron chi connectivity index (χ0n) is 8.26. The molecular weight excluding hydrogens is 210 g/mol. The summed E-state index contributed by atoms with van der Waals surface area (Å²) in [4.78, 5) is 8.42. The van der Waals surface area contributed by atoms with Gasteiger partial charge in [0.05, 0.1) is 0 Å². The molecule has 0 fully saturated rings. The molecule has 4 heteroatoms. The molecule has 0 aromatic carbocycles. The molecule has 0 amide bonds. The quantitative estimate of drug-likeness (QED) is 0.713. The monoisotopic (exact) mass is 219 g/mol. The molecule has 0 radical (unpaired) electrons. The minimum Gasteiger partial charge on any atom is -0.283 e. The van der Waals surface area contributed by atoms with Gasteiger partial charge in [-0.3, -0.25) is 4.40 Å². The second kappa shape index (κ2) is 4.28. The predicted octanol–water partition coefficient (Wildman–Crippen LogP) is 3.27. The van der Waals surface area contributed by atoms with E-state index >= 15 is 0 Å². The highest BCUT2D eigenvalue weighted by atomic mass is 35.5. The molecule has 15 heavy (non-hydrogen) atoms. The lowest BCUT2D eigenvalue weighted by atomic mass is 10.5. The number of hydrogen-bond acceptors (Lipinski definition) is 2. The third kappa shape index (κ3) is 1.92. The number of imidazole rings is 1. The Bertz CT molecular complexity index is 526. The molecule has 76 valence electrons. The summed E-state index contributed by atoms with van der Waals surface area (Å²) in [5, 5.41) is 0.418. The molecule has 2 rings (SSSR count). The molecule has 0 unspecified atom stereocenters. The summed E-state index contributed by atoms with van der Waals surface area (Å²) < 4.78 is 1.85. The van der Waals surface area contributed by atoms with Crippen molar-refractivity contribution in [2.45, 2.75) is 6.92 Å². The van der Waals surface area contributed by atoms with Crippen LogP contribution >= 0.6 is 11.6 Å². The average Bonchev–Trinajstić information content (AvgIpc) is 2.56. The average molecular weight is 220 g/mol. The first kappa shape index (κ1) is 9.93. The molecule has 0 bridgehead atoms. The first-order valence-corrected chi connectivity index (χ1v) is 4.98. The van der Waals surface area contributed by atoms with Crippen molar-refractivity contribution in [3.05, 3.63) is 41.7 Å². The molecule has 0 aliphatic carbocycles. The van der Waals surface area contributed by atoms with Gasteiger partial charge in [0, 0.05) is 12.4 Å². The third-order valence-electron chi connectivity index (χ3n) is 1.94. The summed E-state index contributed by atoms with van der Waals surface area (Å²) in [6.07, 6.45) is 7.33. The Balaban J connectivity index is 2.54. The van der Waals surface area contributed by atoms with Gasteiger partial charge in [-0.1, -0.05) is 23.7 Å². The van der Waals surface area contributed by atoms with Crippen molar-refractivity contribution >= 4 is 29.3 Å². The topological polar surface area (TPSA) is 29.7 Å². The SMILES string of the molecule is C/C=C/C=N/c1c(Cl)nc2ccccn12. The lowest BCUT2D eigenvalue weighted by molar-refractivity contribution is 1.17. The standard InChI is InChI=1S/C11H10ClN3/c1-2-3-7-13-11-10(12)14-9-6-4-5-8-15(9)11/h2-8H,1H3/b3-2+,13-7+. The molecule has 0 saturated heterocycles. The van der Waals surface area contributed by atoms with Crippen LogP contribution in [0.4, 0.5) is 5.82 Å². The zero-order chi connectivity index (χ0) is 10.7. The highest BCUT2D eigenvalue weighted by Gasteiger charge is 2.06. The number of hydrogen-bond donors (Lipinski definition) is 0. The van der Waals surface area contributed by atoms with Gasteiger partial charge in [-0.15, -0.1) is 0 Å². The van der Waals surface area contributed by atoms with Crippen LogP contribution in [-0.2, 0) is 0 Å². The van der Waals surface area contributed by atoms with Crippen LogP contribution in [0.25, 0.3) is 5.65 Å². The Kier molecular flexibility index (Phi) is 2.83. The fraction of sp³-hybridized carbons (Fsp3) is 0.0909. The van der Waals surface area contributed by atoms with Crippen molar-refractivity contribution in [1.29, 1.82) is 0 Å². The number of rotatable bonds is 2. The van der Waals surface area contributed by atoms with Crippen molar-refractivity contribution in [2.24, 2.45) is 4.99 Å². The van der Waals surface area contributed by atoms with E-state index in [0.717, 1.165) is 5.65 Å². The van der Waals surface area contributed by atoms with Gasteiger partial charge in [-0.25, -0.2) is 9.98 Å². The highest BCUT2D eigenvalue weighted by molar-refractivity contribution is 6.32. The number of aliphatic imine (C=N–C) groups is 1. The van der Waals surface area contributed by atoms with Crippen LogP contribution in [0.5, 0.6) is 0 Å². The Labute approximate surface area is 92.7 Å². The summed E-state index contributed by atoms with van der Waals surface area (Å²) in [6, 6.07) is 5.72. The smallest absolute Gasteiger partial charge is 0.176 e. The van der Waals surface area contributed by atoms with E-state index in [-0.39, 0.29) is 0 Å². The normalized spacial score (nSPS) is 12.1. The van der Waals surface area contributed by atoms with E-state index in [0.29, 0.717) is 11.0 Å². The van der Waals surface area contributed by atoms with Crippen LogP contribution < -0.4 is 0 Å². The van der Waals surface area contributed by atoms with Crippen LogP contribution in [0.2, 0.25) is 5.15 Å². The van der Waals surface area contributed by atoms with Gasteiger partial charge in [-0.2, -0.15) is 0 Å². The molecule has 2 aromatic heterocycles. The summed E-state index contributed by atoms with van der Waals surface area (Å²) in [7, 11) is 0. The van der Waals surface area contributed by atoms with E-state index in [1.54, 1.807) is 6.21 Å². The van der Waals surface area contributed by atoms with Crippen LogP contribution in [0.3, 0.4) is 0 Å². The Morgan fingerprint density at radius 2 is 2.33 bits per heavy atom. The molecule has 0 aliphatic heterocycles. The maximum absolute atomic E-state index is 5.98. The fourth-order valence-electron chi connectivity index (χ4n) is 1.27. The number of aromatic nitrogens is 2. The van der Waals surface area contributed by atoms with Crippen LogP contribution in [0.1, 0.15) is 6.92 Å². The molecule has 0 saturated carbocycles. The highest BCUT2D eigenvalue weighted by Crippen LogP contribution is 2.24. The van der Waals surface area contributed by atoms with Gasteiger partial charge in [0.25, 0.3) is 0 Å². The van der Waals surface area contributed by atoms with Gasteiger partial charge < -0.3 is 0 Å². The molecule has 2 aromatic rings. The molecule has 0 N–H and O–H groups in total. The number of pyridine rings is 1. The van der Waals surface area contributed by atoms with E-state index in [1.165, 1.54) is 0 Å². The number of nitrogens with zero attached hydrogens (tertiary/aromatic N) is 3. The second-order valence-corrected chi connectivity index (χ2v) is 3.32. The number of halogens is 1. The van der Waals surface area contributed by atoms with Gasteiger partial charge in [0.2, 0.25) is 0 Å². The predicted molar refractivity (Wildman–Crippen MR) is 63.2 cm³/mol. The Morgan fingerprint density at radius 3 is 3.13 bits per heavy atom. The lowest BCUT2D eigenvalue weighted by Crippen LogP contribution is -1.81. The van der Waals surface area contributed by atoms with E-state index in [2.05, 4.69) is 9.98 Å². The van der Waals surface area contributed by atoms with Gasteiger partial charge in [0.15, 0.2) is 11.0 Å². The zero-order valence-corrected chi connectivity index (χ0v) is 9.02. The fourth-order valence-corrected chi connectivity index (χ4v) is 1.50. The molecule has 2 heterocycles. The molecule has 0 atom stereocenters. The Morgan fingerprint density at radius 1 is 1.47 bits per heavy atom. The lowest BCUT2D eigenvalue weighted by Gasteiger charge is -1.93. The van der Waals surface area contributed by atoms with Gasteiger partial charge >= 0.3 is 0 Å². The van der Waals surface area contributed by atoms with E-state index in [4.69, 9.17) is 11.6 Å². The summed E-state index contributed by atoms with van der Waals surface area (Å²) in [5.41, 5.74) is 0.801. The molecule has 0 aliphatic rings. The van der Waals surface area contributed by atoms with Crippen molar-refractivity contribution in [2.75, 3.05) is 0 Å². The third-order valence-corrected chi connectivity index (χ3v) is 2.19. The minimum atomic E-state index is 0.418. The summed E-state index contributed by atoms with van der Waals surface area (Å²) >= 11 is 5.98. The van der Waals surface area contributed by atoms with Crippen molar-refractivity contribution in [1.82, 2.24) is 9.38 Å². The minimum absolute atomic E-state index is 0.418. The second-order valence-electron chi connectivity index (χ2n) is 2.96.